The molecular formula is C48H104Mo6N2O24-10. The summed E-state index contributed by atoms with van der Waals surface area (Å²) in [7, 11) is 0. The molecule has 0 aliphatic rings. The molecule has 0 atom stereocenters. The van der Waals surface area contributed by atoms with Crippen LogP contribution in [0.4, 0.5) is 0 Å². The predicted octanol–water partition coefficient (Wildman–Crippen LogP) is -1.80. The van der Waals surface area contributed by atoms with Crippen molar-refractivity contribution in [1.82, 2.24) is 0 Å². The van der Waals surface area contributed by atoms with Crippen LogP contribution in [-0.4, -0.2) is 39.3 Å². The second kappa shape index (κ2) is 69.3. The van der Waals surface area contributed by atoms with Crippen molar-refractivity contribution >= 4 is 0 Å². The average molecular weight is 1670 g/mol. The fourth-order valence-electron chi connectivity index (χ4n) is 7.68. The van der Waals surface area contributed by atoms with Crippen LogP contribution in [0.3, 0.4) is 0 Å². The van der Waals surface area contributed by atoms with Gasteiger partial charge in [0.25, 0.3) is 0 Å². The number of unbranched alkanes of at least 4 members (excludes halogenated alkanes) is 30. The summed E-state index contributed by atoms with van der Waals surface area (Å²) in [6.45, 7) is 22.5. The fraction of sp³-hybridized carbons (Fsp3) is 1.00. The fourth-order valence-corrected chi connectivity index (χ4v) is 7.68. The van der Waals surface area contributed by atoms with Gasteiger partial charge in [0.2, 0.25) is 0 Å². The van der Waals surface area contributed by atoms with Gasteiger partial charge >= 0.3 is 186 Å². The molecular weight excluding hydrogens is 1560 g/mol. The van der Waals surface area contributed by atoms with Crippen molar-refractivity contribution in [2.75, 3.05) is 39.3 Å². The molecule has 0 rings (SSSR count). The maximum atomic E-state index is 8.63. The monoisotopic (exact) mass is 1680 g/mol. The van der Waals surface area contributed by atoms with Crippen LogP contribution in [0.25, 0.3) is 0 Å². The molecule has 0 saturated heterocycles. The Kier molecular flexibility index (Phi) is 84.4. The van der Waals surface area contributed by atoms with Crippen molar-refractivity contribution in [3.8, 4) is 0 Å². The van der Waals surface area contributed by atoms with Gasteiger partial charge < -0.3 is 9.80 Å². The minimum absolute atomic E-state index is 1.37. The van der Waals surface area contributed by atoms with Gasteiger partial charge in [0, 0.05) is 0 Å². The summed E-state index contributed by atoms with van der Waals surface area (Å²) in [6.07, 6.45) is 52.0. The zero-order valence-electron chi connectivity index (χ0n) is 48.9. The van der Waals surface area contributed by atoms with E-state index in [1.165, 1.54) is 270 Å². The Morgan fingerprint density at radius 3 is 0.338 bits per heavy atom. The third-order valence-corrected chi connectivity index (χ3v) is 11.3. The van der Waals surface area contributed by atoms with Gasteiger partial charge in [-0.2, -0.15) is 0 Å². The third kappa shape index (κ3) is 200. The van der Waals surface area contributed by atoms with E-state index < -0.39 is 100 Å². The zero-order chi connectivity index (χ0) is 63.9. The predicted molar refractivity (Wildman–Crippen MR) is 240 cm³/mol. The van der Waals surface area contributed by atoms with E-state index in [2.05, 4.69) is 41.5 Å². The summed E-state index contributed by atoms with van der Waals surface area (Å²) >= 11 is -36.1. The zero-order valence-corrected chi connectivity index (χ0v) is 61.0. The first-order valence-corrected chi connectivity index (χ1v) is 48.0. The third-order valence-electron chi connectivity index (χ3n) is 11.3. The van der Waals surface area contributed by atoms with Crippen molar-refractivity contribution in [3.05, 3.63) is 0 Å². The van der Waals surface area contributed by atoms with Gasteiger partial charge in [-0.1, -0.05) is 196 Å². The Balaban J connectivity index is -0.000000143. The van der Waals surface area contributed by atoms with Crippen molar-refractivity contribution in [2.24, 2.45) is 0 Å². The number of rotatable bonds is 42. The molecule has 0 aliphatic carbocycles. The first-order chi connectivity index (χ1) is 36.7. The molecule has 0 saturated carbocycles. The van der Waals surface area contributed by atoms with Gasteiger partial charge in [0.05, 0.1) is 39.3 Å². The van der Waals surface area contributed by atoms with E-state index in [-0.39, 0.29) is 0 Å². The van der Waals surface area contributed by atoms with Crippen LogP contribution in [0, 0.1) is 0 Å². The summed E-state index contributed by atoms with van der Waals surface area (Å²) in [5.74, 6) is 0. The summed E-state index contributed by atoms with van der Waals surface area (Å²) < 4.78 is 207. The summed E-state index contributed by atoms with van der Waals surface area (Å²) in [4.78, 5) is 3.84. The molecule has 0 aromatic heterocycles. The van der Waals surface area contributed by atoms with Gasteiger partial charge in [0.1, 0.15) is 0 Å². The quantitative estimate of drug-likeness (QED) is 0.0503. The van der Waals surface area contributed by atoms with Crippen LogP contribution in [-0.2, 0) is 141 Å². The first kappa shape index (κ1) is 97.4. The van der Waals surface area contributed by atoms with Crippen LogP contribution in [0.1, 0.15) is 273 Å². The van der Waals surface area contributed by atoms with E-state index in [1.807, 2.05) is 9.80 Å². The summed E-state index contributed by atoms with van der Waals surface area (Å²) in [6, 6.07) is 0. The van der Waals surface area contributed by atoms with Crippen molar-refractivity contribution in [2.45, 2.75) is 273 Å². The van der Waals surface area contributed by atoms with E-state index in [1.54, 1.807) is 0 Å². The second-order valence-corrected chi connectivity index (χ2v) is 31.1. The molecule has 0 heterocycles. The Labute approximate surface area is 503 Å². The molecule has 0 amide bonds. The molecule has 26 nitrogen and oxygen atoms in total. The number of hydrogen-bond acceptors (Lipinski definition) is 24. The maximum absolute atomic E-state index is 8.63. The molecule has 0 bridgehead atoms. The van der Waals surface area contributed by atoms with Crippen molar-refractivity contribution in [1.29, 1.82) is 0 Å². The molecule has 0 spiro atoms. The van der Waals surface area contributed by atoms with Gasteiger partial charge in [-0.05, 0) is 77.0 Å². The van der Waals surface area contributed by atoms with Crippen LogP contribution in [0.2, 0.25) is 0 Å². The average Bonchev–Trinajstić information content (AvgIpc) is 3.27. The topological polar surface area (TPSA) is 490 Å². The van der Waals surface area contributed by atoms with Crippen molar-refractivity contribution in [3.63, 3.8) is 0 Å². The van der Waals surface area contributed by atoms with E-state index in [4.69, 9.17) is 85.9 Å². The number of quaternary nitrogens is 2. The van der Waals surface area contributed by atoms with E-state index >= 15 is 0 Å². The van der Waals surface area contributed by atoms with Crippen LogP contribution in [0.5, 0.6) is 0 Å². The summed E-state index contributed by atoms with van der Waals surface area (Å²) in [5.41, 5.74) is 0. The van der Waals surface area contributed by atoms with E-state index in [0.29, 0.717) is 0 Å². The SMILES string of the molecule is CCCCCCCC[NH+](CCCCCCCC)CCCCCCCC.CCCCCCCC[NH+](CCCCCCCC)CCCCCCCC.[O]=[Mo](=[O])([O-])[O-].[O]=[Mo](=[O])([O-])[O-].[O]=[Mo](=[O])([O-])[O-].[O]=[Mo](=[O])([O-])[O-].[O]=[Mo](=[O])([O-])[O-].[O]=[Mo](=[O])([O-])[O-]. The van der Waals surface area contributed by atoms with Gasteiger partial charge in [0.15, 0.2) is 0 Å². The number of hydrogen-bond donors (Lipinski definition) is 2. The van der Waals surface area contributed by atoms with E-state index in [0.717, 1.165) is 0 Å². The summed E-state index contributed by atoms with van der Waals surface area (Å²) in [5, 5.41) is 0. The minimum atomic E-state index is -6.02. The van der Waals surface area contributed by atoms with Crippen LogP contribution >= 0.6 is 0 Å². The molecule has 80 heavy (non-hydrogen) atoms. The van der Waals surface area contributed by atoms with Gasteiger partial charge in [-0.15, -0.1) is 0 Å². The Hall–Kier alpha value is 1.17. The molecule has 0 unspecified atom stereocenters. The van der Waals surface area contributed by atoms with Gasteiger partial charge in [-0.3, -0.25) is 0 Å². The van der Waals surface area contributed by atoms with Crippen LogP contribution < -0.4 is 54.9 Å². The van der Waals surface area contributed by atoms with E-state index in [9.17, 15) is 0 Å². The molecule has 0 aromatic rings. The number of nitrogens with one attached hydrogen (secondary N) is 2. The first-order valence-electron chi connectivity index (χ1n) is 28.4. The molecule has 0 aliphatic heterocycles. The Morgan fingerprint density at radius 1 is 0.175 bits per heavy atom. The molecule has 0 fully saturated rings. The normalized spacial score (nSPS) is 11.6. The molecule has 0 radical (unpaired) electrons. The molecule has 32 heteroatoms. The Bertz CT molecular complexity index is 1510. The second-order valence-electron chi connectivity index (χ2n) is 19.1. The molecule has 496 valence electrons. The van der Waals surface area contributed by atoms with Crippen molar-refractivity contribution < 1.29 is 196 Å². The molecule has 2 N–H and O–H groups in total. The Morgan fingerprint density at radius 2 is 0.250 bits per heavy atom. The van der Waals surface area contributed by atoms with Crippen LogP contribution in [0.15, 0.2) is 0 Å². The van der Waals surface area contributed by atoms with Gasteiger partial charge in [-0.25, -0.2) is 0 Å². The molecule has 0 aromatic carbocycles. The standard InChI is InChI=1S/2C24H51N.6Mo.24O/c2*1-4-7-10-13-16-19-22-25(23-20-17-14-11-8-5-2)24-21-18-15-12-9-6-3;;;;;;;;;;;;;;;;;;;;;;;;;;;;;;/h2*4-24H2,1-3H3;;;;;;;;;;;;;;;;;;;;;;;;;;;;;;/q;;;;;;;;;;;;;;;;;;;;12*-1/p+2.